The highest BCUT2D eigenvalue weighted by molar-refractivity contribution is 5.84. The molecule has 0 heterocycles. The van der Waals surface area contributed by atoms with Crippen molar-refractivity contribution in [2.75, 3.05) is 13.2 Å². The molecule has 7 heteroatoms. The Kier molecular flexibility index (Phi) is 4.12. The lowest BCUT2D eigenvalue weighted by molar-refractivity contribution is -0.757. The van der Waals surface area contributed by atoms with E-state index in [0.717, 1.165) is 0 Å². The van der Waals surface area contributed by atoms with E-state index in [0.29, 0.717) is 0 Å². The number of hydrogen-bond donors (Lipinski definition) is 2. The van der Waals surface area contributed by atoms with Crippen LogP contribution in [-0.4, -0.2) is 29.7 Å². The van der Waals surface area contributed by atoms with E-state index >= 15 is 0 Å². The molecule has 0 bridgehead atoms. The molecule has 1 amide bonds. The highest BCUT2D eigenvalue weighted by atomic mass is 16.9. The summed E-state index contributed by atoms with van der Waals surface area (Å²) in [5.41, 5.74) is 4.46. The maximum absolute atomic E-state index is 11.0. The topological polar surface area (TPSA) is 107 Å². The molecule has 0 fully saturated rings. The average Bonchev–Trinajstić information content (AvgIpc) is 1.95. The van der Waals surface area contributed by atoms with E-state index < -0.39 is 10.6 Å². The molecule has 0 unspecified atom stereocenters. The summed E-state index contributed by atoms with van der Waals surface area (Å²) in [5, 5.41) is 11.2. The quantitative estimate of drug-likeness (QED) is 0.331. The van der Waals surface area contributed by atoms with Crippen LogP contribution in [0.3, 0.4) is 0 Å². The molecule has 0 aliphatic rings. The lowest BCUT2D eigenvalue weighted by atomic mass is 10.1. The molecule has 3 N–H and O–H groups in total. The van der Waals surface area contributed by atoms with Crippen LogP contribution in [0.4, 0.5) is 0 Å². The number of nitrogens with two attached hydrogens (primary N) is 1. The van der Waals surface area contributed by atoms with Crippen molar-refractivity contribution in [1.82, 2.24) is 5.32 Å². The minimum atomic E-state index is -0.978. The lowest BCUT2D eigenvalue weighted by Crippen LogP contribution is -2.49. The third-order valence-electron chi connectivity index (χ3n) is 1.17. The number of hydrogen-bond acceptors (Lipinski definition) is 5. The molecule has 0 saturated heterocycles. The fourth-order valence-electron chi connectivity index (χ4n) is 0.513. The van der Waals surface area contributed by atoms with Gasteiger partial charge in [0, 0.05) is 6.54 Å². The summed E-state index contributed by atoms with van der Waals surface area (Å²) in [6.45, 7) is 2.97. The van der Waals surface area contributed by atoms with Crippen molar-refractivity contribution in [3.63, 3.8) is 0 Å². The standard InChI is InChI=1S/C6H13N3O4/c1-6(2,7)5(10)8-3-4-13-9(11)12/h3-4,7H2,1-2H3,(H,8,10). The van der Waals surface area contributed by atoms with E-state index in [1.807, 2.05) is 0 Å². The molecule has 0 aliphatic heterocycles. The van der Waals surface area contributed by atoms with Gasteiger partial charge in [-0.3, -0.25) is 4.79 Å². The van der Waals surface area contributed by atoms with Crippen LogP contribution >= 0.6 is 0 Å². The van der Waals surface area contributed by atoms with E-state index in [4.69, 9.17) is 5.73 Å². The number of nitrogens with zero attached hydrogens (tertiary/aromatic N) is 1. The van der Waals surface area contributed by atoms with Crippen molar-refractivity contribution in [2.45, 2.75) is 19.4 Å². The van der Waals surface area contributed by atoms with Gasteiger partial charge in [0.15, 0.2) is 0 Å². The average molecular weight is 191 g/mol. The molecule has 0 radical (unpaired) electrons. The van der Waals surface area contributed by atoms with Crippen molar-refractivity contribution in [1.29, 1.82) is 0 Å². The first kappa shape index (κ1) is 11.6. The number of carbonyl (C=O) groups excluding carboxylic acids is 1. The van der Waals surface area contributed by atoms with Crippen LogP contribution in [0.2, 0.25) is 0 Å². The fraction of sp³-hybridized carbons (Fsp3) is 0.833. The van der Waals surface area contributed by atoms with Crippen molar-refractivity contribution in [3.05, 3.63) is 10.1 Å². The normalized spacial score (nSPS) is 10.7. The van der Waals surface area contributed by atoms with Gasteiger partial charge in [0.05, 0.1) is 5.54 Å². The van der Waals surface area contributed by atoms with Crippen molar-refractivity contribution < 1.29 is 14.7 Å². The Labute approximate surface area is 75.3 Å². The second kappa shape index (κ2) is 4.61. The molecular weight excluding hydrogens is 178 g/mol. The van der Waals surface area contributed by atoms with E-state index in [-0.39, 0.29) is 19.1 Å². The Morgan fingerprint density at radius 3 is 2.62 bits per heavy atom. The van der Waals surface area contributed by atoms with Crippen molar-refractivity contribution >= 4 is 5.91 Å². The summed E-state index contributed by atoms with van der Waals surface area (Å²) in [6.07, 6.45) is 0. The van der Waals surface area contributed by atoms with Gasteiger partial charge in [-0.25, -0.2) is 0 Å². The second-order valence-electron chi connectivity index (χ2n) is 3.03. The Morgan fingerprint density at radius 1 is 1.69 bits per heavy atom. The molecule has 0 aromatic heterocycles. The van der Waals surface area contributed by atoms with Gasteiger partial charge >= 0.3 is 0 Å². The molecule has 0 atom stereocenters. The third-order valence-corrected chi connectivity index (χ3v) is 1.17. The SMILES string of the molecule is CC(C)(N)C(=O)NCCO[N+](=O)[O-]. The van der Waals surface area contributed by atoms with Gasteiger partial charge in [-0.2, -0.15) is 0 Å². The Hall–Kier alpha value is -1.37. The largest absolute Gasteiger partial charge is 0.353 e. The van der Waals surface area contributed by atoms with Crippen LogP contribution in [0.15, 0.2) is 0 Å². The molecule has 76 valence electrons. The zero-order valence-corrected chi connectivity index (χ0v) is 7.57. The second-order valence-corrected chi connectivity index (χ2v) is 3.03. The monoisotopic (exact) mass is 191 g/mol. The van der Waals surface area contributed by atoms with Crippen LogP contribution in [0.1, 0.15) is 13.8 Å². The molecule has 13 heavy (non-hydrogen) atoms. The predicted molar refractivity (Wildman–Crippen MR) is 44.2 cm³/mol. The van der Waals surface area contributed by atoms with Gasteiger partial charge in [-0.05, 0) is 13.8 Å². The lowest BCUT2D eigenvalue weighted by Gasteiger charge is -2.17. The van der Waals surface area contributed by atoms with Crippen LogP contribution in [0.5, 0.6) is 0 Å². The zero-order chi connectivity index (χ0) is 10.5. The van der Waals surface area contributed by atoms with E-state index in [1.165, 1.54) is 13.8 Å². The fourth-order valence-corrected chi connectivity index (χ4v) is 0.513. The summed E-state index contributed by atoms with van der Waals surface area (Å²) < 4.78 is 0. The molecule has 7 nitrogen and oxygen atoms in total. The maximum Gasteiger partial charge on any atom is 0.294 e. The van der Waals surface area contributed by atoms with Gasteiger partial charge in [0.1, 0.15) is 6.61 Å². The molecule has 0 spiro atoms. The van der Waals surface area contributed by atoms with Gasteiger partial charge in [0.2, 0.25) is 5.91 Å². The Bertz CT molecular complexity index is 199. The van der Waals surface area contributed by atoms with Gasteiger partial charge in [-0.15, -0.1) is 10.1 Å². The first-order chi connectivity index (χ1) is 5.84. The minimum Gasteiger partial charge on any atom is -0.353 e. The smallest absolute Gasteiger partial charge is 0.294 e. The van der Waals surface area contributed by atoms with Crippen molar-refractivity contribution in [2.24, 2.45) is 5.73 Å². The summed E-state index contributed by atoms with van der Waals surface area (Å²) in [4.78, 5) is 24.7. The first-order valence-corrected chi connectivity index (χ1v) is 3.68. The highest BCUT2D eigenvalue weighted by Crippen LogP contribution is 1.94. The Balaban J connectivity index is 3.55. The van der Waals surface area contributed by atoms with E-state index in [2.05, 4.69) is 10.2 Å². The highest BCUT2D eigenvalue weighted by Gasteiger charge is 2.20. The summed E-state index contributed by atoms with van der Waals surface area (Å²) in [7, 11) is 0. The van der Waals surface area contributed by atoms with E-state index in [9.17, 15) is 14.9 Å². The van der Waals surface area contributed by atoms with Crippen LogP contribution < -0.4 is 11.1 Å². The third kappa shape index (κ3) is 5.85. The predicted octanol–water partition coefficient (Wildman–Crippen LogP) is -0.952. The number of carbonyl (C=O) groups is 1. The van der Waals surface area contributed by atoms with Crippen LogP contribution in [-0.2, 0) is 9.63 Å². The number of nitrogens with one attached hydrogen (secondary N) is 1. The van der Waals surface area contributed by atoms with Gasteiger partial charge in [0.25, 0.3) is 5.09 Å². The van der Waals surface area contributed by atoms with Crippen LogP contribution in [0.25, 0.3) is 0 Å². The molecule has 0 saturated carbocycles. The van der Waals surface area contributed by atoms with Gasteiger partial charge < -0.3 is 15.9 Å². The molecule has 0 aromatic carbocycles. The summed E-state index contributed by atoms with van der Waals surface area (Å²) in [5.74, 6) is -0.376. The zero-order valence-electron chi connectivity index (χ0n) is 7.57. The molecule has 0 aromatic rings. The van der Waals surface area contributed by atoms with Crippen LogP contribution in [0, 0.1) is 10.1 Å². The minimum absolute atomic E-state index is 0.0699. The first-order valence-electron chi connectivity index (χ1n) is 3.68. The molecule has 0 aliphatic carbocycles. The molecular formula is C6H13N3O4. The maximum atomic E-state index is 11.0. The number of rotatable bonds is 5. The molecule has 0 rings (SSSR count). The van der Waals surface area contributed by atoms with Crippen molar-refractivity contribution in [3.8, 4) is 0 Å². The van der Waals surface area contributed by atoms with Gasteiger partial charge in [-0.1, -0.05) is 0 Å². The van der Waals surface area contributed by atoms with E-state index in [1.54, 1.807) is 0 Å². The summed E-state index contributed by atoms with van der Waals surface area (Å²) in [6, 6.07) is 0. The Morgan fingerprint density at radius 2 is 2.23 bits per heavy atom. The summed E-state index contributed by atoms with van der Waals surface area (Å²) >= 11 is 0. The number of amides is 1.